The highest BCUT2D eigenvalue weighted by molar-refractivity contribution is 7.89. The van der Waals surface area contributed by atoms with Crippen LogP contribution in [0.1, 0.15) is 11.1 Å². The smallest absolute Gasteiger partial charge is 0.258 e. The summed E-state index contributed by atoms with van der Waals surface area (Å²) in [6.45, 7) is 1.66. The van der Waals surface area contributed by atoms with E-state index in [0.717, 1.165) is 11.6 Å². The van der Waals surface area contributed by atoms with Gasteiger partial charge in [-0.3, -0.25) is 10.1 Å². The first-order valence-electron chi connectivity index (χ1n) is 6.79. The van der Waals surface area contributed by atoms with E-state index in [4.69, 9.17) is 11.6 Å². The van der Waals surface area contributed by atoms with Crippen molar-refractivity contribution in [2.45, 2.75) is 18.2 Å². The van der Waals surface area contributed by atoms with Crippen molar-refractivity contribution < 1.29 is 13.3 Å². The van der Waals surface area contributed by atoms with Crippen molar-refractivity contribution in [2.75, 3.05) is 6.54 Å². The van der Waals surface area contributed by atoms with Crippen molar-refractivity contribution in [1.82, 2.24) is 4.72 Å². The third kappa shape index (κ3) is 4.28. The molecule has 122 valence electrons. The third-order valence-electron chi connectivity index (χ3n) is 3.35. The number of sulfonamides is 1. The summed E-state index contributed by atoms with van der Waals surface area (Å²) in [6, 6.07) is 11.6. The molecule has 0 aliphatic rings. The Morgan fingerprint density at radius 2 is 1.87 bits per heavy atom. The lowest BCUT2D eigenvalue weighted by molar-refractivity contribution is -0.385. The van der Waals surface area contributed by atoms with Crippen LogP contribution in [0.15, 0.2) is 47.4 Å². The van der Waals surface area contributed by atoms with Gasteiger partial charge in [-0.2, -0.15) is 0 Å². The first kappa shape index (κ1) is 17.4. The maximum Gasteiger partial charge on any atom is 0.275 e. The minimum Gasteiger partial charge on any atom is -0.258 e. The van der Waals surface area contributed by atoms with Crippen LogP contribution in [-0.4, -0.2) is 19.9 Å². The summed E-state index contributed by atoms with van der Waals surface area (Å²) in [6.07, 6.45) is 0.516. The Kier molecular flexibility index (Phi) is 5.35. The lowest BCUT2D eigenvalue weighted by Gasteiger charge is -2.09. The van der Waals surface area contributed by atoms with Crippen LogP contribution in [0.3, 0.4) is 0 Å². The number of nitro benzene ring substituents is 1. The second-order valence-corrected chi connectivity index (χ2v) is 7.11. The van der Waals surface area contributed by atoms with Crippen LogP contribution in [0.4, 0.5) is 5.69 Å². The third-order valence-corrected chi connectivity index (χ3v) is 5.18. The molecule has 0 fully saturated rings. The van der Waals surface area contributed by atoms with Gasteiger partial charge in [0.1, 0.15) is 0 Å². The summed E-state index contributed by atoms with van der Waals surface area (Å²) < 4.78 is 27.0. The number of hydrogen-bond acceptors (Lipinski definition) is 4. The molecular formula is C15H15ClN2O4S. The Balaban J connectivity index is 2.18. The van der Waals surface area contributed by atoms with Crippen LogP contribution in [0, 0.1) is 17.0 Å². The quantitative estimate of drug-likeness (QED) is 0.637. The summed E-state index contributed by atoms with van der Waals surface area (Å²) >= 11 is 5.90. The van der Waals surface area contributed by atoms with Gasteiger partial charge in [-0.05, 0) is 25.0 Å². The molecule has 2 aromatic rings. The second-order valence-electron chi connectivity index (χ2n) is 4.94. The molecule has 2 rings (SSSR count). The standard InChI is InChI=1S/C15H15ClN2O4S/c1-11-14(16)9-13(10-15(11)18(19)20)23(21,22)17-8-7-12-5-3-2-4-6-12/h2-6,9-10,17H,7-8H2,1H3. The fourth-order valence-corrected chi connectivity index (χ4v) is 3.40. The van der Waals surface area contributed by atoms with Crippen LogP contribution in [0.25, 0.3) is 0 Å². The molecule has 2 aromatic carbocycles. The van der Waals surface area contributed by atoms with Crippen molar-refractivity contribution in [3.63, 3.8) is 0 Å². The van der Waals surface area contributed by atoms with Crippen molar-refractivity contribution in [1.29, 1.82) is 0 Å². The normalized spacial score (nSPS) is 11.4. The van der Waals surface area contributed by atoms with Gasteiger partial charge in [0.05, 0.1) is 14.8 Å². The van der Waals surface area contributed by atoms with E-state index in [1.807, 2.05) is 30.3 Å². The topological polar surface area (TPSA) is 89.3 Å². The molecule has 23 heavy (non-hydrogen) atoms. The summed E-state index contributed by atoms with van der Waals surface area (Å²) in [4.78, 5) is 10.1. The van der Waals surface area contributed by atoms with E-state index in [-0.39, 0.29) is 27.7 Å². The van der Waals surface area contributed by atoms with Crippen molar-refractivity contribution in [3.05, 3.63) is 68.7 Å². The molecule has 0 aromatic heterocycles. The summed E-state index contributed by atoms with van der Waals surface area (Å²) in [5.74, 6) is 0. The molecule has 0 aliphatic carbocycles. The Morgan fingerprint density at radius 1 is 1.22 bits per heavy atom. The molecular weight excluding hydrogens is 340 g/mol. The van der Waals surface area contributed by atoms with Gasteiger partial charge in [-0.1, -0.05) is 41.9 Å². The summed E-state index contributed by atoms with van der Waals surface area (Å²) in [5.41, 5.74) is 0.906. The molecule has 8 heteroatoms. The molecule has 0 heterocycles. The second kappa shape index (κ2) is 7.08. The number of nitrogens with one attached hydrogen (secondary N) is 1. The van der Waals surface area contributed by atoms with Crippen molar-refractivity contribution in [2.24, 2.45) is 0 Å². The molecule has 0 saturated heterocycles. The van der Waals surface area contributed by atoms with Gasteiger partial charge in [0, 0.05) is 18.2 Å². The molecule has 0 amide bonds. The zero-order valence-electron chi connectivity index (χ0n) is 12.3. The molecule has 0 saturated carbocycles. The summed E-state index contributed by atoms with van der Waals surface area (Å²) in [5, 5.41) is 11.0. The first-order chi connectivity index (χ1) is 10.8. The molecule has 1 N–H and O–H groups in total. The first-order valence-corrected chi connectivity index (χ1v) is 8.65. The van der Waals surface area contributed by atoms with Gasteiger partial charge in [0.2, 0.25) is 10.0 Å². The zero-order chi connectivity index (χ0) is 17.0. The molecule has 0 spiro atoms. The van der Waals surface area contributed by atoms with Crippen molar-refractivity contribution >= 4 is 27.3 Å². The zero-order valence-corrected chi connectivity index (χ0v) is 13.9. The van der Waals surface area contributed by atoms with Crippen LogP contribution < -0.4 is 4.72 Å². The van der Waals surface area contributed by atoms with Crippen LogP contribution in [-0.2, 0) is 16.4 Å². The maximum atomic E-state index is 12.3. The van der Waals surface area contributed by atoms with E-state index in [1.165, 1.54) is 13.0 Å². The number of nitro groups is 1. The average molecular weight is 355 g/mol. The van der Waals surface area contributed by atoms with Crippen LogP contribution in [0.5, 0.6) is 0 Å². The van der Waals surface area contributed by atoms with Gasteiger partial charge in [0.25, 0.3) is 5.69 Å². The molecule has 6 nitrogen and oxygen atoms in total. The van der Waals surface area contributed by atoms with Gasteiger partial charge >= 0.3 is 0 Å². The van der Waals surface area contributed by atoms with E-state index in [9.17, 15) is 18.5 Å². The van der Waals surface area contributed by atoms with Gasteiger partial charge < -0.3 is 0 Å². The highest BCUT2D eigenvalue weighted by Gasteiger charge is 2.22. The lowest BCUT2D eigenvalue weighted by Crippen LogP contribution is -2.26. The van der Waals surface area contributed by atoms with E-state index >= 15 is 0 Å². The van der Waals surface area contributed by atoms with Crippen molar-refractivity contribution in [3.8, 4) is 0 Å². The number of rotatable bonds is 6. The number of nitrogens with zero attached hydrogens (tertiary/aromatic N) is 1. The number of halogens is 1. The fraction of sp³-hybridized carbons (Fsp3) is 0.200. The Labute approximate surface area is 139 Å². The maximum absolute atomic E-state index is 12.3. The average Bonchev–Trinajstić information content (AvgIpc) is 2.50. The molecule has 0 radical (unpaired) electrons. The predicted octanol–water partition coefficient (Wildman–Crippen LogP) is 3.08. The van der Waals surface area contributed by atoms with E-state index < -0.39 is 14.9 Å². The molecule has 0 bridgehead atoms. The van der Waals surface area contributed by atoms with Crippen LogP contribution in [0.2, 0.25) is 5.02 Å². The lowest BCUT2D eigenvalue weighted by atomic mass is 10.2. The van der Waals surface area contributed by atoms with Gasteiger partial charge in [0.15, 0.2) is 0 Å². The van der Waals surface area contributed by atoms with Gasteiger partial charge in [-0.25, -0.2) is 13.1 Å². The highest BCUT2D eigenvalue weighted by Crippen LogP contribution is 2.29. The monoisotopic (exact) mass is 354 g/mol. The minimum absolute atomic E-state index is 0.0441. The molecule has 0 atom stereocenters. The SMILES string of the molecule is Cc1c(Cl)cc(S(=O)(=O)NCCc2ccccc2)cc1[N+](=O)[O-]. The largest absolute Gasteiger partial charge is 0.275 e. The van der Waals surface area contributed by atoms with E-state index in [2.05, 4.69) is 4.72 Å². The Hall–Kier alpha value is -1.96. The fourth-order valence-electron chi connectivity index (χ4n) is 2.04. The summed E-state index contributed by atoms with van der Waals surface area (Å²) in [7, 11) is -3.86. The Bertz CT molecular complexity index is 823. The molecule has 0 unspecified atom stereocenters. The highest BCUT2D eigenvalue weighted by atomic mass is 35.5. The molecule has 0 aliphatic heterocycles. The number of hydrogen-bond donors (Lipinski definition) is 1. The van der Waals surface area contributed by atoms with E-state index in [1.54, 1.807) is 0 Å². The predicted molar refractivity (Wildman–Crippen MR) is 88.2 cm³/mol. The number of benzene rings is 2. The minimum atomic E-state index is -3.86. The van der Waals surface area contributed by atoms with E-state index in [0.29, 0.717) is 6.42 Å². The van der Waals surface area contributed by atoms with Gasteiger partial charge in [-0.15, -0.1) is 0 Å². The Morgan fingerprint density at radius 3 is 2.48 bits per heavy atom. The van der Waals surface area contributed by atoms with Crippen LogP contribution >= 0.6 is 11.6 Å².